The molecule has 4 fully saturated rings. The van der Waals surface area contributed by atoms with Crippen LogP contribution in [0.1, 0.15) is 49.7 Å². The number of hydrazine groups is 1. The number of hydrogen-bond donors (Lipinski definition) is 2. The molecule has 0 aromatic heterocycles. The zero-order valence-corrected chi connectivity index (χ0v) is 18.3. The molecule has 0 heterocycles. The van der Waals surface area contributed by atoms with Crippen LogP contribution in [0.2, 0.25) is 0 Å². The molecule has 0 aliphatic heterocycles. The second-order valence-electron chi connectivity index (χ2n) is 10.1. The smallest absolute Gasteiger partial charge is 0.244 e. The third kappa shape index (κ3) is 3.76. The highest BCUT2D eigenvalue weighted by atomic mass is 19.1. The molecule has 0 radical (unpaired) electrons. The fourth-order valence-electron chi connectivity index (χ4n) is 6.90. The van der Waals surface area contributed by atoms with Crippen molar-refractivity contribution >= 4 is 11.8 Å². The molecule has 32 heavy (non-hydrogen) atoms. The highest BCUT2D eigenvalue weighted by Crippen LogP contribution is 2.65. The van der Waals surface area contributed by atoms with Crippen LogP contribution in [0.25, 0.3) is 0 Å². The SMILES string of the molecule is COc1ccc(C23CC4CC(CC(C(=O)NNC(=O)Cc5ccc(F)cc5)(C4)C2)C3)cc1. The molecular formula is C26H29FN2O3. The van der Waals surface area contributed by atoms with Crippen molar-refractivity contribution in [3.63, 3.8) is 0 Å². The van der Waals surface area contributed by atoms with E-state index < -0.39 is 5.41 Å². The van der Waals surface area contributed by atoms with E-state index >= 15 is 0 Å². The quantitative estimate of drug-likeness (QED) is 0.695. The molecule has 4 bridgehead atoms. The van der Waals surface area contributed by atoms with Gasteiger partial charge in [-0.05, 0) is 91.2 Å². The molecule has 4 aliphatic rings. The van der Waals surface area contributed by atoms with E-state index in [1.807, 2.05) is 12.1 Å². The summed E-state index contributed by atoms with van der Waals surface area (Å²) in [4.78, 5) is 25.7. The van der Waals surface area contributed by atoms with Crippen LogP contribution in [0.5, 0.6) is 5.75 Å². The molecule has 2 atom stereocenters. The predicted octanol–water partition coefficient (Wildman–Crippen LogP) is 4.06. The Balaban J connectivity index is 1.29. The van der Waals surface area contributed by atoms with E-state index in [0.29, 0.717) is 17.4 Å². The first kappa shape index (κ1) is 21.0. The zero-order chi connectivity index (χ0) is 22.3. The fraction of sp³-hybridized carbons (Fsp3) is 0.462. The number of carbonyl (C=O) groups is 2. The number of rotatable bonds is 5. The van der Waals surface area contributed by atoms with E-state index in [9.17, 15) is 14.0 Å². The van der Waals surface area contributed by atoms with Crippen molar-refractivity contribution < 1.29 is 18.7 Å². The van der Waals surface area contributed by atoms with Crippen molar-refractivity contribution in [3.05, 3.63) is 65.5 Å². The van der Waals surface area contributed by atoms with Crippen molar-refractivity contribution in [2.45, 2.75) is 50.4 Å². The van der Waals surface area contributed by atoms with Crippen molar-refractivity contribution in [1.29, 1.82) is 0 Å². The molecule has 2 N–H and O–H groups in total. The monoisotopic (exact) mass is 436 g/mol. The maximum Gasteiger partial charge on any atom is 0.244 e. The average Bonchev–Trinajstić information content (AvgIpc) is 2.78. The summed E-state index contributed by atoms with van der Waals surface area (Å²) in [7, 11) is 1.67. The number of methoxy groups -OCH3 is 1. The minimum atomic E-state index is -0.437. The summed E-state index contributed by atoms with van der Waals surface area (Å²) in [6, 6.07) is 14.1. The molecule has 0 spiro atoms. The zero-order valence-electron chi connectivity index (χ0n) is 18.3. The Bertz CT molecular complexity index is 1000. The number of hydrogen-bond acceptors (Lipinski definition) is 3. The van der Waals surface area contributed by atoms with Gasteiger partial charge in [-0.3, -0.25) is 20.4 Å². The minimum absolute atomic E-state index is 0.0197. The Morgan fingerprint density at radius 2 is 1.62 bits per heavy atom. The summed E-state index contributed by atoms with van der Waals surface area (Å²) in [5.41, 5.74) is 6.89. The normalized spacial score (nSPS) is 30.1. The van der Waals surface area contributed by atoms with E-state index in [-0.39, 0.29) is 29.5 Å². The fourth-order valence-corrected chi connectivity index (χ4v) is 6.90. The molecule has 2 amide bonds. The van der Waals surface area contributed by atoms with Crippen molar-refractivity contribution in [3.8, 4) is 5.75 Å². The summed E-state index contributed by atoms with van der Waals surface area (Å²) in [6.45, 7) is 0. The summed E-state index contributed by atoms with van der Waals surface area (Å²) in [6.07, 6.45) is 6.14. The van der Waals surface area contributed by atoms with Gasteiger partial charge >= 0.3 is 0 Å². The molecule has 2 unspecified atom stereocenters. The first-order valence-corrected chi connectivity index (χ1v) is 11.4. The Morgan fingerprint density at radius 3 is 2.25 bits per heavy atom. The Kier molecular flexibility index (Phi) is 5.19. The molecule has 2 aromatic rings. The van der Waals surface area contributed by atoms with Gasteiger partial charge in [0, 0.05) is 0 Å². The Hall–Kier alpha value is -2.89. The Labute approximate surface area is 187 Å². The van der Waals surface area contributed by atoms with Crippen LogP contribution in [-0.4, -0.2) is 18.9 Å². The van der Waals surface area contributed by atoms with Crippen LogP contribution in [-0.2, 0) is 21.4 Å². The van der Waals surface area contributed by atoms with Gasteiger partial charge in [0.2, 0.25) is 11.8 Å². The summed E-state index contributed by atoms with van der Waals surface area (Å²) in [5, 5.41) is 0. The van der Waals surface area contributed by atoms with Gasteiger partial charge in [-0.2, -0.15) is 0 Å². The molecule has 6 heteroatoms. The van der Waals surface area contributed by atoms with Gasteiger partial charge in [-0.15, -0.1) is 0 Å². The lowest BCUT2D eigenvalue weighted by atomic mass is 9.42. The standard InChI is InChI=1S/C26H29FN2O3/c1-32-22-8-4-20(5-9-22)25-12-18-10-19(13-25)15-26(14-18,16-25)24(31)29-28-23(30)11-17-2-6-21(27)7-3-17/h2-9,18-19H,10-16H2,1H3,(H,28,30)(H,29,31). The second-order valence-corrected chi connectivity index (χ2v) is 10.1. The van der Waals surface area contributed by atoms with Crippen molar-refractivity contribution in [2.75, 3.05) is 7.11 Å². The summed E-state index contributed by atoms with van der Waals surface area (Å²) in [5.74, 6) is 1.21. The van der Waals surface area contributed by atoms with Gasteiger partial charge in [-0.1, -0.05) is 24.3 Å². The number of benzene rings is 2. The van der Waals surface area contributed by atoms with Gasteiger partial charge in [0.1, 0.15) is 11.6 Å². The number of amides is 2. The molecule has 5 nitrogen and oxygen atoms in total. The number of ether oxygens (including phenoxy) is 1. The molecule has 4 saturated carbocycles. The molecule has 168 valence electrons. The number of halogens is 1. The topological polar surface area (TPSA) is 67.4 Å². The highest BCUT2D eigenvalue weighted by molar-refractivity contribution is 5.87. The molecular weight excluding hydrogens is 407 g/mol. The summed E-state index contributed by atoms with van der Waals surface area (Å²) >= 11 is 0. The van der Waals surface area contributed by atoms with E-state index in [1.165, 1.54) is 24.1 Å². The number of carbonyl (C=O) groups excluding carboxylic acids is 2. The first-order valence-electron chi connectivity index (χ1n) is 11.4. The molecule has 6 rings (SSSR count). The second kappa shape index (κ2) is 7.91. The molecule has 0 saturated heterocycles. The third-order valence-corrected chi connectivity index (χ3v) is 7.84. The van der Waals surface area contributed by atoms with Gasteiger partial charge in [0.05, 0.1) is 18.9 Å². The van der Waals surface area contributed by atoms with Crippen LogP contribution < -0.4 is 15.6 Å². The van der Waals surface area contributed by atoms with Crippen LogP contribution in [0.4, 0.5) is 4.39 Å². The highest BCUT2D eigenvalue weighted by Gasteiger charge is 2.61. The van der Waals surface area contributed by atoms with E-state index in [2.05, 4.69) is 23.0 Å². The molecule has 4 aliphatic carbocycles. The van der Waals surface area contributed by atoms with E-state index in [0.717, 1.165) is 37.9 Å². The average molecular weight is 437 g/mol. The van der Waals surface area contributed by atoms with Crippen molar-refractivity contribution in [2.24, 2.45) is 17.3 Å². The third-order valence-electron chi connectivity index (χ3n) is 7.84. The number of nitrogens with one attached hydrogen (secondary N) is 2. The van der Waals surface area contributed by atoms with Crippen LogP contribution in [0, 0.1) is 23.1 Å². The molecule has 2 aromatic carbocycles. The van der Waals surface area contributed by atoms with Crippen LogP contribution >= 0.6 is 0 Å². The van der Waals surface area contributed by atoms with Gasteiger partial charge in [-0.25, -0.2) is 4.39 Å². The first-order chi connectivity index (χ1) is 15.4. The van der Waals surface area contributed by atoms with E-state index in [1.54, 1.807) is 19.2 Å². The predicted molar refractivity (Wildman–Crippen MR) is 118 cm³/mol. The largest absolute Gasteiger partial charge is 0.497 e. The van der Waals surface area contributed by atoms with Gasteiger partial charge < -0.3 is 4.74 Å². The lowest BCUT2D eigenvalue weighted by Gasteiger charge is -2.61. The van der Waals surface area contributed by atoms with E-state index in [4.69, 9.17) is 4.74 Å². The van der Waals surface area contributed by atoms with Gasteiger partial charge in [0.15, 0.2) is 0 Å². The van der Waals surface area contributed by atoms with Crippen LogP contribution in [0.3, 0.4) is 0 Å². The summed E-state index contributed by atoms with van der Waals surface area (Å²) < 4.78 is 18.4. The Morgan fingerprint density at radius 1 is 0.969 bits per heavy atom. The minimum Gasteiger partial charge on any atom is -0.497 e. The lowest BCUT2D eigenvalue weighted by molar-refractivity contribution is -0.151. The maximum absolute atomic E-state index is 13.4. The van der Waals surface area contributed by atoms with Crippen molar-refractivity contribution in [1.82, 2.24) is 10.9 Å². The van der Waals surface area contributed by atoms with Gasteiger partial charge in [0.25, 0.3) is 0 Å². The van der Waals surface area contributed by atoms with Crippen LogP contribution in [0.15, 0.2) is 48.5 Å². The maximum atomic E-state index is 13.4. The lowest BCUT2D eigenvalue weighted by Crippen LogP contribution is -2.61.